The van der Waals surface area contributed by atoms with Crippen LogP contribution in [-0.4, -0.2) is 22.7 Å². The summed E-state index contributed by atoms with van der Waals surface area (Å²) in [5, 5.41) is 12.0. The van der Waals surface area contributed by atoms with Gasteiger partial charge in [0.1, 0.15) is 11.8 Å². The Kier molecular flexibility index (Phi) is 3.52. The topological polar surface area (TPSA) is 72.8 Å². The summed E-state index contributed by atoms with van der Waals surface area (Å²) in [5.41, 5.74) is 6.68. The van der Waals surface area contributed by atoms with Crippen LogP contribution >= 0.6 is 0 Å². The summed E-state index contributed by atoms with van der Waals surface area (Å²) in [6.07, 6.45) is 3.74. The summed E-state index contributed by atoms with van der Waals surface area (Å²) in [4.78, 5) is 0. The first-order valence-electron chi connectivity index (χ1n) is 5.50. The minimum Gasteiger partial charge on any atom is -0.497 e. The average molecular weight is 245 g/mol. The predicted molar refractivity (Wildman–Crippen MR) is 69.0 cm³/mol. The minimum absolute atomic E-state index is 0.136. The minimum atomic E-state index is -0.323. The molecule has 0 unspecified atom stereocenters. The maximum absolute atomic E-state index is 8.89. The lowest BCUT2D eigenvalue weighted by Crippen LogP contribution is -2.27. The van der Waals surface area contributed by atoms with Gasteiger partial charge in [-0.15, -0.1) is 0 Å². The van der Waals surface area contributed by atoms with Gasteiger partial charge in [-0.25, -0.2) is 0 Å². The smallest absolute Gasteiger partial charge is 0.166 e. The van der Waals surface area contributed by atoms with Crippen LogP contribution in [-0.2, 0) is 0 Å². The van der Waals surface area contributed by atoms with Crippen molar-refractivity contribution in [2.75, 3.05) is 7.11 Å². The average Bonchev–Trinajstić information content (AvgIpc) is 2.93. The van der Waals surface area contributed by atoms with Crippen molar-refractivity contribution in [2.24, 2.45) is 10.9 Å². The molecule has 1 atom stereocenters. The number of methoxy groups -OCH3 is 1. The largest absolute Gasteiger partial charge is 0.497 e. The van der Waals surface area contributed by atoms with Gasteiger partial charge in [0.2, 0.25) is 0 Å². The summed E-state index contributed by atoms with van der Waals surface area (Å²) < 4.78 is 6.98. The van der Waals surface area contributed by atoms with Crippen LogP contribution in [0.1, 0.15) is 11.6 Å². The number of amidine groups is 1. The summed E-state index contributed by atoms with van der Waals surface area (Å²) in [6.45, 7) is 0. The van der Waals surface area contributed by atoms with Crippen molar-refractivity contribution < 1.29 is 9.94 Å². The molecule has 5 heteroatoms. The molecule has 3 N–H and O–H groups in total. The molecule has 2 aromatic rings. The SMILES string of the molecule is COc1ccc([C@H](C(N)=NO)n2cccc2)cc1. The molecule has 94 valence electrons. The zero-order valence-electron chi connectivity index (χ0n) is 10.0. The highest BCUT2D eigenvalue weighted by Gasteiger charge is 2.17. The molecule has 1 aromatic carbocycles. The molecular formula is C13H15N3O2. The first-order valence-corrected chi connectivity index (χ1v) is 5.50. The molecule has 0 fully saturated rings. The number of benzene rings is 1. The number of ether oxygens (including phenoxy) is 1. The van der Waals surface area contributed by atoms with Crippen LogP contribution < -0.4 is 10.5 Å². The maximum atomic E-state index is 8.89. The van der Waals surface area contributed by atoms with E-state index in [-0.39, 0.29) is 11.9 Å². The van der Waals surface area contributed by atoms with Gasteiger partial charge >= 0.3 is 0 Å². The lowest BCUT2D eigenvalue weighted by Gasteiger charge is -2.18. The van der Waals surface area contributed by atoms with E-state index in [0.29, 0.717) is 0 Å². The third kappa shape index (κ3) is 2.29. The standard InChI is InChI=1S/C13H15N3O2/c1-18-11-6-4-10(5-7-11)12(13(14)15-17)16-8-2-3-9-16/h2-9,12,17H,1H3,(H2,14,15)/t12-/m1/s1. The second kappa shape index (κ2) is 5.27. The summed E-state index contributed by atoms with van der Waals surface area (Å²) in [6, 6.07) is 10.9. The van der Waals surface area contributed by atoms with Gasteiger partial charge in [0.15, 0.2) is 5.84 Å². The number of oxime groups is 1. The fraction of sp³-hybridized carbons (Fsp3) is 0.154. The quantitative estimate of drug-likeness (QED) is 0.373. The molecule has 18 heavy (non-hydrogen) atoms. The monoisotopic (exact) mass is 245 g/mol. The molecule has 2 rings (SSSR count). The Morgan fingerprint density at radius 2 is 1.89 bits per heavy atom. The van der Waals surface area contributed by atoms with Crippen molar-refractivity contribution in [3.63, 3.8) is 0 Å². The molecule has 0 amide bonds. The molecule has 0 aliphatic heterocycles. The van der Waals surface area contributed by atoms with Crippen LogP contribution in [0.15, 0.2) is 53.9 Å². The number of nitrogens with two attached hydrogens (primary N) is 1. The molecule has 0 radical (unpaired) electrons. The molecule has 0 aliphatic rings. The van der Waals surface area contributed by atoms with Crippen LogP contribution in [0, 0.1) is 0 Å². The zero-order chi connectivity index (χ0) is 13.0. The van der Waals surface area contributed by atoms with Gasteiger partial charge in [0, 0.05) is 12.4 Å². The van der Waals surface area contributed by atoms with E-state index in [4.69, 9.17) is 15.7 Å². The van der Waals surface area contributed by atoms with Gasteiger partial charge in [0.25, 0.3) is 0 Å². The second-order valence-corrected chi connectivity index (χ2v) is 3.83. The number of hydrogen-bond donors (Lipinski definition) is 2. The summed E-state index contributed by atoms with van der Waals surface area (Å²) in [7, 11) is 1.61. The molecule has 0 saturated carbocycles. The van der Waals surface area contributed by atoms with E-state index in [0.717, 1.165) is 11.3 Å². The highest BCUT2D eigenvalue weighted by molar-refractivity contribution is 5.86. The van der Waals surface area contributed by atoms with Crippen LogP contribution in [0.25, 0.3) is 0 Å². The Balaban J connectivity index is 2.40. The Morgan fingerprint density at radius 3 is 2.39 bits per heavy atom. The first kappa shape index (κ1) is 12.0. The summed E-state index contributed by atoms with van der Waals surface area (Å²) in [5.74, 6) is 0.904. The van der Waals surface area contributed by atoms with Crippen molar-refractivity contribution in [3.05, 3.63) is 54.4 Å². The molecule has 1 aromatic heterocycles. The number of hydrogen-bond acceptors (Lipinski definition) is 3. The van der Waals surface area contributed by atoms with Gasteiger partial charge in [-0.05, 0) is 29.8 Å². The van der Waals surface area contributed by atoms with Crippen LogP contribution in [0.5, 0.6) is 5.75 Å². The van der Waals surface area contributed by atoms with E-state index in [1.165, 1.54) is 0 Å². The third-order valence-electron chi connectivity index (χ3n) is 2.75. The first-order chi connectivity index (χ1) is 8.76. The van der Waals surface area contributed by atoms with E-state index < -0.39 is 0 Å². The van der Waals surface area contributed by atoms with Crippen molar-refractivity contribution in [2.45, 2.75) is 6.04 Å². The normalized spacial score (nSPS) is 13.3. The Bertz CT molecular complexity index is 518. The van der Waals surface area contributed by atoms with Gasteiger partial charge in [-0.2, -0.15) is 0 Å². The fourth-order valence-electron chi connectivity index (χ4n) is 1.86. The van der Waals surface area contributed by atoms with Gasteiger partial charge in [0.05, 0.1) is 7.11 Å². The third-order valence-corrected chi connectivity index (χ3v) is 2.75. The second-order valence-electron chi connectivity index (χ2n) is 3.83. The van der Waals surface area contributed by atoms with Gasteiger partial charge in [-0.1, -0.05) is 17.3 Å². The molecule has 0 spiro atoms. The van der Waals surface area contributed by atoms with E-state index >= 15 is 0 Å². The Hall–Kier alpha value is -2.43. The number of rotatable bonds is 4. The molecule has 1 heterocycles. The van der Waals surface area contributed by atoms with E-state index in [2.05, 4.69) is 5.16 Å². The maximum Gasteiger partial charge on any atom is 0.166 e. The predicted octanol–water partition coefficient (Wildman–Crippen LogP) is 1.83. The lowest BCUT2D eigenvalue weighted by atomic mass is 10.1. The molecule has 0 bridgehead atoms. The van der Waals surface area contributed by atoms with Crippen molar-refractivity contribution in [1.82, 2.24) is 4.57 Å². The van der Waals surface area contributed by atoms with E-state index in [9.17, 15) is 0 Å². The van der Waals surface area contributed by atoms with Crippen LogP contribution in [0.2, 0.25) is 0 Å². The highest BCUT2D eigenvalue weighted by atomic mass is 16.5. The fourth-order valence-corrected chi connectivity index (χ4v) is 1.86. The number of aromatic nitrogens is 1. The lowest BCUT2D eigenvalue weighted by molar-refractivity contribution is 0.315. The number of nitrogens with zero attached hydrogens (tertiary/aromatic N) is 2. The van der Waals surface area contributed by atoms with Gasteiger partial charge in [-0.3, -0.25) is 0 Å². The molecular weight excluding hydrogens is 230 g/mol. The molecule has 5 nitrogen and oxygen atoms in total. The van der Waals surface area contributed by atoms with Crippen molar-refractivity contribution in [3.8, 4) is 5.75 Å². The Labute approximate surface area is 105 Å². The zero-order valence-corrected chi connectivity index (χ0v) is 10.0. The highest BCUT2D eigenvalue weighted by Crippen LogP contribution is 2.21. The van der Waals surface area contributed by atoms with E-state index in [1.807, 2.05) is 53.4 Å². The van der Waals surface area contributed by atoms with Crippen LogP contribution in [0.3, 0.4) is 0 Å². The van der Waals surface area contributed by atoms with E-state index in [1.54, 1.807) is 7.11 Å². The van der Waals surface area contributed by atoms with Crippen LogP contribution in [0.4, 0.5) is 0 Å². The molecule has 0 aliphatic carbocycles. The van der Waals surface area contributed by atoms with Gasteiger partial charge < -0.3 is 20.2 Å². The van der Waals surface area contributed by atoms with Crippen molar-refractivity contribution in [1.29, 1.82) is 0 Å². The molecule has 0 saturated heterocycles. The Morgan fingerprint density at radius 1 is 1.28 bits per heavy atom. The van der Waals surface area contributed by atoms with Crippen molar-refractivity contribution >= 4 is 5.84 Å². The summed E-state index contributed by atoms with van der Waals surface area (Å²) >= 11 is 0.